The number of aliphatic hydroxyl groups is 1. The van der Waals surface area contributed by atoms with E-state index in [2.05, 4.69) is 0 Å². The Morgan fingerprint density at radius 1 is 1.00 bits per heavy atom. The second-order valence-corrected chi connectivity index (χ2v) is 15.8. The van der Waals surface area contributed by atoms with Crippen LogP contribution >= 0.6 is 0 Å². The van der Waals surface area contributed by atoms with E-state index in [9.17, 15) is 37.5 Å². The van der Waals surface area contributed by atoms with Gasteiger partial charge in [0.2, 0.25) is 5.60 Å². The summed E-state index contributed by atoms with van der Waals surface area (Å²) in [6.07, 6.45) is -5.40. The molecule has 15 heteroatoms. The summed E-state index contributed by atoms with van der Waals surface area (Å²) in [4.78, 5) is 60.4. The van der Waals surface area contributed by atoms with Gasteiger partial charge in [-0.25, -0.2) is 9.59 Å². The van der Waals surface area contributed by atoms with E-state index in [0.717, 1.165) is 22.1 Å². The third-order valence-corrected chi connectivity index (χ3v) is 9.77. The minimum Gasteiger partial charge on any atom is -0.473 e. The quantitative estimate of drug-likeness (QED) is 0.215. The average molecular weight is 797 g/mol. The van der Waals surface area contributed by atoms with Crippen molar-refractivity contribution < 1.29 is 51.7 Å². The summed E-state index contributed by atoms with van der Waals surface area (Å²) in [5.41, 5.74) is -3.39. The molecule has 2 aliphatic rings. The highest BCUT2D eigenvalue weighted by Gasteiger charge is 2.48. The summed E-state index contributed by atoms with van der Waals surface area (Å²) in [7, 11) is 0. The molecule has 3 aromatic carbocycles. The van der Waals surface area contributed by atoms with Crippen LogP contribution in [0.4, 0.5) is 28.4 Å². The summed E-state index contributed by atoms with van der Waals surface area (Å²) >= 11 is 0. The molecule has 4 amide bonds. The van der Waals surface area contributed by atoms with E-state index in [1.165, 1.54) is 21.6 Å². The predicted molar refractivity (Wildman–Crippen MR) is 206 cm³/mol. The molecule has 1 unspecified atom stereocenters. The lowest BCUT2D eigenvalue weighted by Crippen LogP contribution is -2.58. The van der Waals surface area contributed by atoms with Crippen LogP contribution in [-0.2, 0) is 33.6 Å². The average Bonchev–Trinajstić information content (AvgIpc) is 3.16. The lowest BCUT2D eigenvalue weighted by atomic mass is 9.96. The van der Waals surface area contributed by atoms with Crippen LogP contribution < -0.4 is 9.64 Å². The van der Waals surface area contributed by atoms with Gasteiger partial charge in [0.15, 0.2) is 0 Å². The van der Waals surface area contributed by atoms with Gasteiger partial charge < -0.3 is 38.9 Å². The Morgan fingerprint density at radius 2 is 1.63 bits per heavy atom. The Morgan fingerprint density at radius 3 is 2.21 bits per heavy atom. The molecule has 2 atom stereocenters. The van der Waals surface area contributed by atoms with E-state index in [-0.39, 0.29) is 44.2 Å². The summed E-state index contributed by atoms with van der Waals surface area (Å²) < 4.78 is 61.7. The molecule has 0 radical (unpaired) electrons. The van der Waals surface area contributed by atoms with Crippen LogP contribution in [0.1, 0.15) is 81.4 Å². The standard InChI is InChI=1S/C42H51F3N4O8/c1-28(2)49(31-18-13-19-46(25-31)39(54)57-40(3,4)5)36(51)32-22-34-35(23-33(32)42(43,44)45)56-41(6,27-50)37(52)48(34)21-20-47(24-29-14-9-7-10-15-29)38(53)55-26-30-16-11-8-12-17-30/h7-12,14-17,22-23,28,31,50H,13,18-21,24-27H2,1-6H3/t31-,41?/m1/s1. The van der Waals surface area contributed by atoms with E-state index in [1.54, 1.807) is 58.9 Å². The number of carbonyl (C=O) groups is 4. The molecule has 3 aromatic rings. The van der Waals surface area contributed by atoms with Crippen LogP contribution in [0.2, 0.25) is 0 Å². The minimum atomic E-state index is -5.03. The number of benzene rings is 3. The summed E-state index contributed by atoms with van der Waals surface area (Å²) in [5, 5.41) is 10.3. The lowest BCUT2D eigenvalue weighted by Gasteiger charge is -2.43. The molecule has 2 aliphatic heterocycles. The number of piperidine rings is 1. The smallest absolute Gasteiger partial charge is 0.417 e. The van der Waals surface area contributed by atoms with Crippen LogP contribution in [0.25, 0.3) is 0 Å². The van der Waals surface area contributed by atoms with Gasteiger partial charge in [-0.1, -0.05) is 60.7 Å². The maximum absolute atomic E-state index is 14.9. The molecule has 5 rings (SSSR count). The van der Waals surface area contributed by atoms with Crippen LogP contribution in [0.5, 0.6) is 5.75 Å². The van der Waals surface area contributed by atoms with E-state index < -0.39 is 71.2 Å². The molecule has 1 saturated heterocycles. The summed E-state index contributed by atoms with van der Waals surface area (Å²) in [6.45, 7) is 9.00. The van der Waals surface area contributed by atoms with Crippen LogP contribution in [-0.4, -0.2) is 99.9 Å². The molecule has 308 valence electrons. The minimum absolute atomic E-state index is 0.0264. The molecule has 2 heterocycles. The number of alkyl halides is 3. The number of hydrogen-bond acceptors (Lipinski definition) is 8. The Balaban J connectivity index is 1.51. The zero-order valence-electron chi connectivity index (χ0n) is 33.2. The topological polar surface area (TPSA) is 129 Å². The molecule has 0 aromatic heterocycles. The Kier molecular flexibility index (Phi) is 13.1. The number of aliphatic hydroxyl groups excluding tert-OH is 1. The highest BCUT2D eigenvalue weighted by molar-refractivity contribution is 6.05. The molecular formula is C42H51F3N4O8. The van der Waals surface area contributed by atoms with Gasteiger partial charge >= 0.3 is 18.4 Å². The number of anilines is 1. The van der Waals surface area contributed by atoms with Gasteiger partial charge in [-0.3, -0.25) is 9.59 Å². The number of likely N-dealkylation sites (tertiary alicyclic amines) is 1. The third kappa shape index (κ3) is 10.4. The normalized spacial score (nSPS) is 18.4. The molecule has 0 saturated carbocycles. The number of carbonyl (C=O) groups excluding carboxylic acids is 4. The molecule has 1 N–H and O–H groups in total. The predicted octanol–water partition coefficient (Wildman–Crippen LogP) is 7.27. The highest BCUT2D eigenvalue weighted by Crippen LogP contribution is 2.44. The Hall–Kier alpha value is -5.31. The number of hydrogen-bond donors (Lipinski definition) is 1. The zero-order valence-corrected chi connectivity index (χ0v) is 33.2. The number of rotatable bonds is 11. The number of halogens is 3. The van der Waals surface area contributed by atoms with Crippen molar-refractivity contribution in [1.29, 1.82) is 0 Å². The number of ether oxygens (including phenoxy) is 3. The van der Waals surface area contributed by atoms with E-state index in [1.807, 2.05) is 36.4 Å². The van der Waals surface area contributed by atoms with E-state index >= 15 is 0 Å². The van der Waals surface area contributed by atoms with Crippen LogP contribution in [0.3, 0.4) is 0 Å². The van der Waals surface area contributed by atoms with Crippen molar-refractivity contribution in [2.24, 2.45) is 0 Å². The Bertz CT molecular complexity index is 1900. The molecular weight excluding hydrogens is 745 g/mol. The van der Waals surface area contributed by atoms with Crippen LogP contribution in [0.15, 0.2) is 72.8 Å². The van der Waals surface area contributed by atoms with Crippen molar-refractivity contribution in [3.05, 3.63) is 95.1 Å². The van der Waals surface area contributed by atoms with Gasteiger partial charge in [-0.05, 0) is 77.6 Å². The van der Waals surface area contributed by atoms with Gasteiger partial charge in [0.05, 0.1) is 29.5 Å². The van der Waals surface area contributed by atoms with Crippen molar-refractivity contribution in [3.8, 4) is 5.75 Å². The SMILES string of the molecule is CC(C)N(C(=O)c1cc2c(cc1C(F)(F)F)OC(C)(CO)C(=O)N2CCN(Cc1ccccc1)C(=O)OCc1ccccc1)[C@@H]1CCCN(C(=O)OC(C)(C)C)C1. The van der Waals surface area contributed by atoms with E-state index in [0.29, 0.717) is 25.5 Å². The summed E-state index contributed by atoms with van der Waals surface area (Å²) in [6, 6.07) is 18.5. The first-order valence-corrected chi connectivity index (χ1v) is 19.0. The van der Waals surface area contributed by atoms with Crippen molar-refractivity contribution in [2.45, 2.75) is 97.0 Å². The lowest BCUT2D eigenvalue weighted by molar-refractivity contribution is -0.139. The molecule has 0 aliphatic carbocycles. The fourth-order valence-corrected chi connectivity index (χ4v) is 6.98. The molecule has 0 spiro atoms. The highest BCUT2D eigenvalue weighted by atomic mass is 19.4. The first-order valence-electron chi connectivity index (χ1n) is 19.0. The second-order valence-electron chi connectivity index (χ2n) is 15.8. The van der Waals surface area contributed by atoms with E-state index in [4.69, 9.17) is 14.2 Å². The maximum Gasteiger partial charge on any atom is 0.417 e. The van der Waals surface area contributed by atoms with Crippen molar-refractivity contribution in [2.75, 3.05) is 37.7 Å². The van der Waals surface area contributed by atoms with Crippen molar-refractivity contribution >= 4 is 29.7 Å². The zero-order chi connectivity index (χ0) is 41.7. The number of nitrogens with zero attached hydrogens (tertiary/aromatic N) is 4. The first kappa shape index (κ1) is 42.8. The van der Waals surface area contributed by atoms with Gasteiger partial charge in [0.1, 0.15) is 18.0 Å². The van der Waals surface area contributed by atoms with Gasteiger partial charge in [0, 0.05) is 38.8 Å². The van der Waals surface area contributed by atoms with Crippen molar-refractivity contribution in [1.82, 2.24) is 14.7 Å². The number of amides is 4. The van der Waals surface area contributed by atoms with Gasteiger partial charge in [-0.2, -0.15) is 13.2 Å². The number of fused-ring (bicyclic) bond motifs is 1. The maximum atomic E-state index is 14.9. The Labute approximate surface area is 331 Å². The first-order chi connectivity index (χ1) is 26.8. The molecule has 0 bridgehead atoms. The van der Waals surface area contributed by atoms with Crippen molar-refractivity contribution in [3.63, 3.8) is 0 Å². The summed E-state index contributed by atoms with van der Waals surface area (Å²) in [5.74, 6) is -2.11. The molecule has 1 fully saturated rings. The molecule has 57 heavy (non-hydrogen) atoms. The van der Waals surface area contributed by atoms with Crippen LogP contribution in [0, 0.1) is 0 Å². The second kappa shape index (κ2) is 17.5. The molecule has 12 nitrogen and oxygen atoms in total. The largest absolute Gasteiger partial charge is 0.473 e. The fourth-order valence-electron chi connectivity index (χ4n) is 6.98. The third-order valence-electron chi connectivity index (χ3n) is 9.77. The van der Waals surface area contributed by atoms with Gasteiger partial charge in [-0.15, -0.1) is 0 Å². The fraction of sp³-hybridized carbons (Fsp3) is 0.476. The van der Waals surface area contributed by atoms with Gasteiger partial charge in [0.25, 0.3) is 11.8 Å². The monoisotopic (exact) mass is 796 g/mol.